The van der Waals surface area contributed by atoms with Crippen LogP contribution in [0.4, 0.5) is 5.69 Å². The van der Waals surface area contributed by atoms with Gasteiger partial charge < -0.3 is 5.32 Å². The molecule has 0 saturated carbocycles. The average molecular weight is 620 g/mol. The summed E-state index contributed by atoms with van der Waals surface area (Å²) in [6.45, 7) is 3.66. The van der Waals surface area contributed by atoms with Crippen molar-refractivity contribution in [3.05, 3.63) is 22.8 Å². The molecule has 0 aliphatic heterocycles. The van der Waals surface area contributed by atoms with E-state index in [0.29, 0.717) is 0 Å². The fraction of sp³-hybridized carbons (Fsp3) is 0.300. The van der Waals surface area contributed by atoms with Crippen LogP contribution in [0.25, 0.3) is 0 Å². The lowest BCUT2D eigenvalue weighted by molar-refractivity contribution is -0.117. The third-order valence-electron chi connectivity index (χ3n) is 1.79. The number of nitrogens with one attached hydrogen (secondary N) is 1. The second-order valence-corrected chi connectivity index (χ2v) is 9.22. The zero-order valence-corrected chi connectivity index (χ0v) is 16.6. The topological polar surface area (TPSA) is 29.1 Å². The lowest BCUT2D eigenvalue weighted by atomic mass is 10.2. The molecule has 6 heteroatoms. The highest BCUT2D eigenvalue weighted by molar-refractivity contribution is 14.1. The predicted octanol–water partition coefficient (Wildman–Crippen LogP) is 4.61. The zero-order chi connectivity index (χ0) is 12.5. The first-order valence-electron chi connectivity index (χ1n) is 4.36. The summed E-state index contributed by atoms with van der Waals surface area (Å²) in [5.41, 5.74) is 0.888. The van der Waals surface area contributed by atoms with Crippen LogP contribution in [0.2, 0.25) is 0 Å². The van der Waals surface area contributed by atoms with Gasteiger partial charge in [-0.2, -0.15) is 0 Å². The lowest BCUT2D eigenvalue weighted by Crippen LogP contribution is -2.31. The van der Waals surface area contributed by atoms with E-state index in [4.69, 9.17) is 0 Å². The van der Waals surface area contributed by atoms with Gasteiger partial charge in [-0.3, -0.25) is 4.79 Å². The highest BCUT2D eigenvalue weighted by atomic mass is 127. The maximum absolute atomic E-state index is 11.9. The molecule has 0 heterocycles. The van der Waals surface area contributed by atoms with Crippen molar-refractivity contribution in [2.75, 3.05) is 5.32 Å². The van der Waals surface area contributed by atoms with Crippen molar-refractivity contribution >= 4 is 95.3 Å². The van der Waals surface area contributed by atoms with Crippen molar-refractivity contribution in [2.45, 2.75) is 18.2 Å². The number of anilines is 1. The molecule has 0 atom stereocenters. The van der Waals surface area contributed by atoms with E-state index in [0.717, 1.165) is 12.8 Å². The van der Waals surface area contributed by atoms with Crippen molar-refractivity contribution in [1.29, 1.82) is 0 Å². The van der Waals surface area contributed by atoms with Crippen molar-refractivity contribution in [3.63, 3.8) is 0 Å². The first kappa shape index (κ1) is 15.4. The van der Waals surface area contributed by atoms with Crippen molar-refractivity contribution < 1.29 is 4.79 Å². The van der Waals surface area contributed by atoms with Gasteiger partial charge >= 0.3 is 0 Å². The minimum atomic E-state index is -0.553. The van der Waals surface area contributed by atoms with Crippen LogP contribution in [0.15, 0.2) is 12.1 Å². The van der Waals surface area contributed by atoms with Gasteiger partial charge in [-0.15, -0.1) is 0 Å². The Morgan fingerprint density at radius 2 is 1.69 bits per heavy atom. The molecule has 1 aromatic carbocycles. The summed E-state index contributed by atoms with van der Waals surface area (Å²) in [5, 5.41) is 2.94. The predicted molar refractivity (Wildman–Crippen MR) is 96.2 cm³/mol. The molecular weight excluding hydrogens is 611 g/mol. The van der Waals surface area contributed by atoms with Crippen LogP contribution in [0, 0.1) is 10.7 Å². The first-order chi connectivity index (χ1) is 7.21. The third kappa shape index (κ3) is 4.23. The molecule has 0 spiro atoms. The van der Waals surface area contributed by atoms with Gasteiger partial charge in [0.05, 0.1) is 10.0 Å². The monoisotopic (exact) mass is 619 g/mol. The van der Waals surface area contributed by atoms with Crippen LogP contribution >= 0.6 is 83.7 Å². The Bertz CT molecular complexity index is 406. The first-order valence-corrected chi connectivity index (χ1v) is 8.39. The summed E-state index contributed by atoms with van der Waals surface area (Å²) in [6.07, 6.45) is 0. The maximum Gasteiger partial charge on any atom is 0.240 e. The van der Waals surface area contributed by atoms with Gasteiger partial charge in [0, 0.05) is 10.7 Å². The molecule has 88 valence electrons. The van der Waals surface area contributed by atoms with Crippen LogP contribution in [0.5, 0.6) is 0 Å². The number of hydrogen-bond acceptors (Lipinski definition) is 1. The normalized spacial score (nSPS) is 11.4. The second-order valence-electron chi connectivity index (χ2n) is 3.67. The Kier molecular flexibility index (Phi) is 5.78. The van der Waals surface area contributed by atoms with E-state index >= 15 is 0 Å². The Labute approximate surface area is 144 Å². The summed E-state index contributed by atoms with van der Waals surface area (Å²) < 4.78 is 2.72. The summed E-state index contributed by atoms with van der Waals surface area (Å²) in [5.74, 6) is -0.0375. The van der Waals surface area contributed by atoms with Gasteiger partial charge in [0.1, 0.15) is 0 Å². The molecule has 1 rings (SSSR count). The van der Waals surface area contributed by atoms with E-state index in [1.54, 1.807) is 0 Å². The average Bonchev–Trinajstić information content (AvgIpc) is 2.08. The van der Waals surface area contributed by atoms with Crippen LogP contribution < -0.4 is 5.32 Å². The van der Waals surface area contributed by atoms with Gasteiger partial charge in [0.2, 0.25) is 5.91 Å². The number of hydrogen-bond donors (Lipinski definition) is 1. The third-order valence-corrected chi connectivity index (χ3v) is 4.47. The highest BCUT2D eigenvalue weighted by Crippen LogP contribution is 2.29. The van der Waals surface area contributed by atoms with Crippen LogP contribution in [-0.4, -0.2) is 10.2 Å². The molecule has 0 radical (unpaired) electrons. The lowest BCUT2D eigenvalue weighted by Gasteiger charge is -2.17. The Morgan fingerprint density at radius 3 is 2.06 bits per heavy atom. The molecule has 0 fully saturated rings. The number of carbonyl (C=O) groups excluding carboxylic acids is 1. The molecule has 0 saturated heterocycles. The van der Waals surface area contributed by atoms with Gasteiger partial charge in [-0.05, 0) is 93.8 Å². The maximum atomic E-state index is 11.9. The molecule has 0 aliphatic carbocycles. The van der Waals surface area contributed by atoms with Crippen molar-refractivity contribution in [2.24, 2.45) is 0 Å². The smallest absolute Gasteiger partial charge is 0.240 e. The van der Waals surface area contributed by atoms with E-state index < -0.39 is 4.32 Å². The van der Waals surface area contributed by atoms with Crippen LogP contribution in [0.3, 0.4) is 0 Å². The van der Waals surface area contributed by atoms with E-state index in [-0.39, 0.29) is 5.91 Å². The number of rotatable bonds is 2. The molecule has 0 aromatic heterocycles. The molecule has 1 amide bonds. The molecule has 0 aliphatic rings. The molecule has 1 aromatic rings. The molecule has 0 bridgehead atoms. The fourth-order valence-electron chi connectivity index (χ4n) is 0.924. The van der Waals surface area contributed by atoms with E-state index in [1.807, 2.05) is 26.0 Å². The number of carbonyl (C=O) groups is 1. The number of halogens is 4. The Hall–Kier alpha value is 1.36. The van der Waals surface area contributed by atoms with Gasteiger partial charge in [-0.25, -0.2) is 0 Å². The van der Waals surface area contributed by atoms with Gasteiger partial charge in [0.15, 0.2) is 0 Å². The molecular formula is C10H9BrI3NO. The summed E-state index contributed by atoms with van der Waals surface area (Å²) in [4.78, 5) is 11.9. The van der Waals surface area contributed by atoms with E-state index in [2.05, 4.69) is 89.0 Å². The Morgan fingerprint density at radius 1 is 1.25 bits per heavy atom. The summed E-state index contributed by atoms with van der Waals surface area (Å²) in [6, 6.07) is 4.08. The zero-order valence-electron chi connectivity index (χ0n) is 8.57. The van der Waals surface area contributed by atoms with E-state index in [9.17, 15) is 4.79 Å². The molecule has 16 heavy (non-hydrogen) atoms. The molecule has 0 unspecified atom stereocenters. The largest absolute Gasteiger partial charge is 0.323 e. The van der Waals surface area contributed by atoms with Crippen LogP contribution in [0.1, 0.15) is 13.8 Å². The SMILES string of the molecule is CC(C)(Br)C(=O)Nc1c(I)cc(I)cc1I. The quantitative estimate of drug-likeness (QED) is 0.381. The number of alkyl halides is 1. The van der Waals surface area contributed by atoms with E-state index in [1.165, 1.54) is 3.57 Å². The summed E-state index contributed by atoms with van der Waals surface area (Å²) >= 11 is 10.1. The number of amides is 1. The summed E-state index contributed by atoms with van der Waals surface area (Å²) in [7, 11) is 0. The standard InChI is InChI=1S/C10H9BrI3NO/c1-10(2,11)9(16)15-8-6(13)3-5(12)4-7(8)14/h3-4H,1-2H3,(H,15,16). The van der Waals surface area contributed by atoms with Crippen molar-refractivity contribution in [3.8, 4) is 0 Å². The minimum Gasteiger partial charge on any atom is -0.323 e. The number of benzene rings is 1. The van der Waals surface area contributed by atoms with Gasteiger partial charge in [0.25, 0.3) is 0 Å². The van der Waals surface area contributed by atoms with Gasteiger partial charge in [-0.1, -0.05) is 15.9 Å². The Balaban J connectivity index is 3.03. The van der Waals surface area contributed by atoms with Crippen LogP contribution in [-0.2, 0) is 4.79 Å². The molecule has 1 N–H and O–H groups in total. The fourth-order valence-corrected chi connectivity index (χ4v) is 4.88. The highest BCUT2D eigenvalue weighted by Gasteiger charge is 2.24. The van der Waals surface area contributed by atoms with Crippen molar-refractivity contribution in [1.82, 2.24) is 0 Å². The minimum absolute atomic E-state index is 0.0375. The molecule has 2 nitrogen and oxygen atoms in total. The second kappa shape index (κ2) is 6.00.